The van der Waals surface area contributed by atoms with Crippen LogP contribution in [0.1, 0.15) is 44.1 Å². The highest BCUT2D eigenvalue weighted by atomic mass is 16.1. The first-order valence-corrected chi connectivity index (χ1v) is 5.05. The van der Waals surface area contributed by atoms with Crippen molar-refractivity contribution in [2.24, 2.45) is 12.5 Å². The van der Waals surface area contributed by atoms with Crippen molar-refractivity contribution in [3.05, 3.63) is 24.0 Å². The van der Waals surface area contributed by atoms with Gasteiger partial charge in [0, 0.05) is 19.7 Å². The zero-order valence-corrected chi connectivity index (χ0v) is 9.50. The van der Waals surface area contributed by atoms with E-state index in [-0.39, 0.29) is 11.2 Å². The first-order chi connectivity index (χ1) is 6.40. The molecule has 0 amide bonds. The van der Waals surface area contributed by atoms with Crippen molar-refractivity contribution in [2.45, 2.75) is 33.6 Å². The Hall–Kier alpha value is -1.05. The molecule has 1 aromatic heterocycles. The van der Waals surface area contributed by atoms with Crippen LogP contribution in [0.2, 0.25) is 0 Å². The Labute approximate surface area is 85.9 Å². The molecule has 0 aliphatic rings. The summed E-state index contributed by atoms with van der Waals surface area (Å²) in [5.41, 5.74) is 1.05. The number of ketones is 1. The monoisotopic (exact) mass is 193 g/mol. The third-order valence-electron chi connectivity index (χ3n) is 2.33. The summed E-state index contributed by atoms with van der Waals surface area (Å²) in [6.45, 7) is 6.47. The van der Waals surface area contributed by atoms with Gasteiger partial charge in [0.15, 0.2) is 5.78 Å². The Morgan fingerprint density at radius 3 is 2.50 bits per heavy atom. The zero-order valence-electron chi connectivity index (χ0n) is 9.50. The van der Waals surface area contributed by atoms with Gasteiger partial charge in [0.1, 0.15) is 0 Å². The number of nitrogens with zero attached hydrogens (tertiary/aromatic N) is 1. The molecule has 78 valence electrons. The molecular weight excluding hydrogens is 174 g/mol. The third kappa shape index (κ3) is 3.02. The van der Waals surface area contributed by atoms with E-state index in [0.29, 0.717) is 6.42 Å². The maximum Gasteiger partial charge on any atom is 0.179 e. The summed E-state index contributed by atoms with van der Waals surface area (Å²) in [4.78, 5) is 11.8. The molecule has 14 heavy (non-hydrogen) atoms. The Bertz CT molecular complexity index is 317. The molecule has 0 saturated heterocycles. The molecule has 0 atom stereocenters. The molecule has 2 heteroatoms. The Kier molecular flexibility index (Phi) is 3.14. The van der Waals surface area contributed by atoms with Crippen molar-refractivity contribution in [2.75, 3.05) is 0 Å². The molecule has 1 rings (SSSR count). The van der Waals surface area contributed by atoms with Crippen LogP contribution in [0.15, 0.2) is 18.3 Å². The second kappa shape index (κ2) is 3.99. The lowest BCUT2D eigenvalue weighted by atomic mass is 9.89. The number of rotatable bonds is 3. The summed E-state index contributed by atoms with van der Waals surface area (Å²) in [6, 6.07) is 3.79. The minimum Gasteiger partial charge on any atom is -0.348 e. The maximum atomic E-state index is 11.8. The quantitative estimate of drug-likeness (QED) is 0.676. The lowest BCUT2D eigenvalue weighted by Crippen LogP contribution is -2.11. The minimum atomic E-state index is 0.237. The summed E-state index contributed by atoms with van der Waals surface area (Å²) in [6.07, 6.45) is 3.49. The van der Waals surface area contributed by atoms with Crippen LogP contribution in [0.3, 0.4) is 0 Å². The zero-order chi connectivity index (χ0) is 10.8. The second-order valence-corrected chi connectivity index (χ2v) is 4.99. The molecule has 0 saturated carbocycles. The number of aromatic nitrogens is 1. The van der Waals surface area contributed by atoms with Gasteiger partial charge in [-0.3, -0.25) is 4.79 Å². The van der Waals surface area contributed by atoms with Crippen molar-refractivity contribution in [1.29, 1.82) is 0 Å². The van der Waals surface area contributed by atoms with Crippen molar-refractivity contribution in [1.82, 2.24) is 4.57 Å². The summed E-state index contributed by atoms with van der Waals surface area (Å²) in [5, 5.41) is 0. The standard InChI is InChI=1S/C12H19NO/c1-12(2,3)8-7-11(14)10-6-5-9-13(10)4/h5-6,9H,7-8H2,1-4H3. The van der Waals surface area contributed by atoms with E-state index in [0.717, 1.165) is 12.1 Å². The van der Waals surface area contributed by atoms with E-state index in [9.17, 15) is 4.79 Å². The molecule has 0 bridgehead atoms. The highest BCUT2D eigenvalue weighted by molar-refractivity contribution is 5.94. The average molecular weight is 193 g/mol. The van der Waals surface area contributed by atoms with E-state index in [1.165, 1.54) is 0 Å². The second-order valence-electron chi connectivity index (χ2n) is 4.99. The fraction of sp³-hybridized carbons (Fsp3) is 0.583. The summed E-state index contributed by atoms with van der Waals surface area (Å²) < 4.78 is 1.88. The van der Waals surface area contributed by atoms with E-state index in [1.54, 1.807) is 0 Å². The molecule has 0 aromatic carbocycles. The van der Waals surface area contributed by atoms with E-state index in [4.69, 9.17) is 0 Å². The number of aryl methyl sites for hydroxylation is 1. The summed E-state index contributed by atoms with van der Waals surface area (Å²) in [5.74, 6) is 0.243. The predicted molar refractivity (Wildman–Crippen MR) is 58.4 cm³/mol. The molecule has 0 fully saturated rings. The molecule has 0 unspecified atom stereocenters. The average Bonchev–Trinajstić information content (AvgIpc) is 2.46. The Morgan fingerprint density at radius 2 is 2.07 bits per heavy atom. The molecule has 0 radical (unpaired) electrons. The van der Waals surface area contributed by atoms with Crippen LogP contribution < -0.4 is 0 Å². The van der Waals surface area contributed by atoms with Gasteiger partial charge in [-0.05, 0) is 24.0 Å². The van der Waals surface area contributed by atoms with E-state index < -0.39 is 0 Å². The number of hydrogen-bond donors (Lipinski definition) is 0. The minimum absolute atomic E-state index is 0.237. The van der Waals surface area contributed by atoms with Crippen molar-refractivity contribution in [3.8, 4) is 0 Å². The molecule has 0 aliphatic heterocycles. The Balaban J connectivity index is 2.56. The van der Waals surface area contributed by atoms with E-state index in [1.807, 2.05) is 29.9 Å². The first kappa shape index (κ1) is 11.0. The van der Waals surface area contributed by atoms with E-state index in [2.05, 4.69) is 20.8 Å². The van der Waals surface area contributed by atoms with Gasteiger partial charge in [0.25, 0.3) is 0 Å². The fourth-order valence-electron chi connectivity index (χ4n) is 1.37. The van der Waals surface area contributed by atoms with Crippen LogP contribution in [-0.2, 0) is 7.05 Å². The van der Waals surface area contributed by atoms with Crippen LogP contribution in [0.25, 0.3) is 0 Å². The number of Topliss-reactive ketones (excluding diaryl/α,β-unsaturated/α-hetero) is 1. The lowest BCUT2D eigenvalue weighted by molar-refractivity contribution is 0.0958. The molecular formula is C12H19NO. The van der Waals surface area contributed by atoms with Crippen molar-refractivity contribution in [3.63, 3.8) is 0 Å². The molecule has 2 nitrogen and oxygen atoms in total. The highest BCUT2D eigenvalue weighted by Crippen LogP contribution is 2.21. The van der Waals surface area contributed by atoms with Crippen LogP contribution in [0, 0.1) is 5.41 Å². The molecule has 0 spiro atoms. The first-order valence-electron chi connectivity index (χ1n) is 5.05. The summed E-state index contributed by atoms with van der Waals surface area (Å²) >= 11 is 0. The van der Waals surface area contributed by atoms with Crippen LogP contribution in [0.5, 0.6) is 0 Å². The van der Waals surface area contributed by atoms with Crippen LogP contribution >= 0.6 is 0 Å². The normalized spacial score (nSPS) is 11.7. The number of carbonyl (C=O) groups is 1. The van der Waals surface area contributed by atoms with Crippen LogP contribution in [-0.4, -0.2) is 10.4 Å². The van der Waals surface area contributed by atoms with Gasteiger partial charge in [-0.2, -0.15) is 0 Å². The Morgan fingerprint density at radius 1 is 1.43 bits per heavy atom. The lowest BCUT2D eigenvalue weighted by Gasteiger charge is -2.17. The van der Waals surface area contributed by atoms with Gasteiger partial charge in [-0.15, -0.1) is 0 Å². The summed E-state index contributed by atoms with van der Waals surface area (Å²) in [7, 11) is 1.91. The molecule has 1 heterocycles. The van der Waals surface area contributed by atoms with Crippen molar-refractivity contribution >= 4 is 5.78 Å². The SMILES string of the molecule is Cn1cccc1C(=O)CCC(C)(C)C. The van der Waals surface area contributed by atoms with Crippen LogP contribution in [0.4, 0.5) is 0 Å². The number of hydrogen-bond acceptors (Lipinski definition) is 1. The highest BCUT2D eigenvalue weighted by Gasteiger charge is 2.15. The van der Waals surface area contributed by atoms with Gasteiger partial charge < -0.3 is 4.57 Å². The number of carbonyl (C=O) groups excluding carboxylic acids is 1. The smallest absolute Gasteiger partial charge is 0.179 e. The largest absolute Gasteiger partial charge is 0.348 e. The topological polar surface area (TPSA) is 22.0 Å². The molecule has 0 N–H and O–H groups in total. The third-order valence-corrected chi connectivity index (χ3v) is 2.33. The van der Waals surface area contributed by atoms with Gasteiger partial charge in [0.05, 0.1) is 5.69 Å². The van der Waals surface area contributed by atoms with E-state index >= 15 is 0 Å². The fourth-order valence-corrected chi connectivity index (χ4v) is 1.37. The van der Waals surface area contributed by atoms with Gasteiger partial charge >= 0.3 is 0 Å². The van der Waals surface area contributed by atoms with Gasteiger partial charge in [-0.25, -0.2) is 0 Å². The van der Waals surface area contributed by atoms with Gasteiger partial charge in [-0.1, -0.05) is 20.8 Å². The molecule has 1 aromatic rings. The molecule has 0 aliphatic carbocycles. The van der Waals surface area contributed by atoms with Gasteiger partial charge in [0.2, 0.25) is 0 Å². The maximum absolute atomic E-state index is 11.8. The predicted octanol–water partition coefficient (Wildman–Crippen LogP) is 3.03. The van der Waals surface area contributed by atoms with Crippen molar-refractivity contribution < 1.29 is 4.79 Å².